The lowest BCUT2D eigenvalue weighted by Crippen LogP contribution is -2.33. The van der Waals surface area contributed by atoms with E-state index >= 15 is 0 Å². The fourth-order valence-electron chi connectivity index (χ4n) is 2.13. The van der Waals surface area contributed by atoms with Gasteiger partial charge in [-0.3, -0.25) is 4.79 Å². The summed E-state index contributed by atoms with van der Waals surface area (Å²) in [5.41, 5.74) is 0.900. The molecule has 0 saturated carbocycles. The molecule has 1 aromatic carbocycles. The van der Waals surface area contributed by atoms with Crippen LogP contribution in [0.2, 0.25) is 0 Å². The average molecular weight is 284 g/mol. The molecule has 0 aliphatic carbocycles. The van der Waals surface area contributed by atoms with E-state index in [9.17, 15) is 9.90 Å². The summed E-state index contributed by atoms with van der Waals surface area (Å²) in [7, 11) is 0. The van der Waals surface area contributed by atoms with E-state index in [0.29, 0.717) is 6.42 Å². The molecule has 4 heteroatoms. The van der Waals surface area contributed by atoms with Gasteiger partial charge >= 0.3 is 0 Å². The highest BCUT2D eigenvalue weighted by molar-refractivity contribution is 9.10. The lowest BCUT2D eigenvalue weighted by atomic mass is 10.0. The monoisotopic (exact) mass is 283 g/mol. The van der Waals surface area contributed by atoms with Crippen molar-refractivity contribution < 1.29 is 9.90 Å². The summed E-state index contributed by atoms with van der Waals surface area (Å²) in [5.74, 6) is 0.144. The minimum atomic E-state index is 0.0520. The number of hydrogen-bond donors (Lipinski definition) is 1. The van der Waals surface area contributed by atoms with E-state index in [-0.39, 0.29) is 24.5 Å². The van der Waals surface area contributed by atoms with Gasteiger partial charge in [-0.15, -0.1) is 0 Å². The van der Waals surface area contributed by atoms with Gasteiger partial charge in [0.25, 0.3) is 0 Å². The lowest BCUT2D eigenvalue weighted by Gasteiger charge is -2.24. The zero-order valence-corrected chi connectivity index (χ0v) is 10.6. The van der Waals surface area contributed by atoms with Gasteiger partial charge < -0.3 is 10.0 Å². The van der Waals surface area contributed by atoms with Crippen molar-refractivity contribution in [3.8, 4) is 0 Å². The standard InChI is InChI=1S/C12H14BrNO2/c1-8-9(7-15)6-12(16)14(8)11-4-2-10(13)3-5-11/h2-5,8-9,15H,6-7H2,1H3. The molecule has 1 N–H and O–H groups in total. The van der Waals surface area contributed by atoms with E-state index < -0.39 is 0 Å². The Hall–Kier alpha value is -0.870. The van der Waals surface area contributed by atoms with Crippen LogP contribution in [0.25, 0.3) is 0 Å². The molecule has 0 aromatic heterocycles. The number of carbonyl (C=O) groups is 1. The van der Waals surface area contributed by atoms with Crippen molar-refractivity contribution in [2.45, 2.75) is 19.4 Å². The minimum absolute atomic E-state index is 0.0520. The largest absolute Gasteiger partial charge is 0.396 e. The molecule has 1 aliphatic heterocycles. The molecule has 1 heterocycles. The summed E-state index contributed by atoms with van der Waals surface area (Å²) < 4.78 is 0.995. The molecular formula is C12H14BrNO2. The van der Waals surface area contributed by atoms with E-state index in [1.54, 1.807) is 4.90 Å². The van der Waals surface area contributed by atoms with Gasteiger partial charge in [0.15, 0.2) is 0 Å². The van der Waals surface area contributed by atoms with Crippen LogP contribution < -0.4 is 4.90 Å². The minimum Gasteiger partial charge on any atom is -0.396 e. The van der Waals surface area contributed by atoms with Crippen LogP contribution in [0.15, 0.2) is 28.7 Å². The molecule has 1 aliphatic rings. The highest BCUT2D eigenvalue weighted by Crippen LogP contribution is 2.31. The van der Waals surface area contributed by atoms with Crippen molar-refractivity contribution in [2.75, 3.05) is 11.5 Å². The number of benzene rings is 1. The van der Waals surface area contributed by atoms with Gasteiger partial charge in [0, 0.05) is 35.1 Å². The number of amides is 1. The van der Waals surface area contributed by atoms with Crippen molar-refractivity contribution in [1.29, 1.82) is 0 Å². The quantitative estimate of drug-likeness (QED) is 0.904. The number of carbonyl (C=O) groups excluding carboxylic acids is 1. The number of nitrogens with zero attached hydrogens (tertiary/aromatic N) is 1. The van der Waals surface area contributed by atoms with Gasteiger partial charge in [0.1, 0.15) is 0 Å². The predicted molar refractivity (Wildman–Crippen MR) is 66.3 cm³/mol. The van der Waals surface area contributed by atoms with Crippen molar-refractivity contribution in [3.05, 3.63) is 28.7 Å². The smallest absolute Gasteiger partial charge is 0.227 e. The van der Waals surface area contributed by atoms with Crippen molar-refractivity contribution in [3.63, 3.8) is 0 Å². The van der Waals surface area contributed by atoms with Crippen LogP contribution in [0.1, 0.15) is 13.3 Å². The second kappa shape index (κ2) is 4.55. The third-order valence-corrected chi connectivity index (χ3v) is 3.66. The van der Waals surface area contributed by atoms with E-state index in [4.69, 9.17) is 0 Å². The number of aliphatic hydroxyl groups excluding tert-OH is 1. The highest BCUT2D eigenvalue weighted by Gasteiger charge is 2.36. The third-order valence-electron chi connectivity index (χ3n) is 3.13. The number of halogens is 1. The molecule has 1 fully saturated rings. The van der Waals surface area contributed by atoms with Crippen LogP contribution in [0.5, 0.6) is 0 Å². The van der Waals surface area contributed by atoms with Crippen molar-refractivity contribution in [1.82, 2.24) is 0 Å². The number of rotatable bonds is 2. The molecule has 0 spiro atoms. The predicted octanol–water partition coefficient (Wildman–Crippen LogP) is 2.18. The zero-order valence-electron chi connectivity index (χ0n) is 9.06. The van der Waals surface area contributed by atoms with Gasteiger partial charge in [-0.1, -0.05) is 15.9 Å². The van der Waals surface area contributed by atoms with E-state index in [0.717, 1.165) is 10.2 Å². The number of hydrogen-bond acceptors (Lipinski definition) is 2. The molecule has 86 valence electrons. The second-order valence-electron chi connectivity index (χ2n) is 4.13. The molecule has 0 bridgehead atoms. The van der Waals surface area contributed by atoms with Crippen LogP contribution in [0.4, 0.5) is 5.69 Å². The first kappa shape index (κ1) is 11.6. The SMILES string of the molecule is CC1C(CO)CC(=O)N1c1ccc(Br)cc1. The maximum absolute atomic E-state index is 11.8. The summed E-state index contributed by atoms with van der Waals surface area (Å²) in [6.45, 7) is 2.05. The second-order valence-corrected chi connectivity index (χ2v) is 5.04. The first-order valence-electron chi connectivity index (χ1n) is 5.32. The summed E-state index contributed by atoms with van der Waals surface area (Å²) in [6.07, 6.45) is 0.438. The summed E-state index contributed by atoms with van der Waals surface area (Å²) in [4.78, 5) is 13.6. The van der Waals surface area contributed by atoms with Crippen LogP contribution in [-0.4, -0.2) is 23.7 Å². The van der Waals surface area contributed by atoms with E-state index in [2.05, 4.69) is 15.9 Å². The van der Waals surface area contributed by atoms with Crippen LogP contribution >= 0.6 is 15.9 Å². The summed E-state index contributed by atoms with van der Waals surface area (Å²) >= 11 is 3.37. The first-order valence-corrected chi connectivity index (χ1v) is 6.11. The van der Waals surface area contributed by atoms with Crippen molar-refractivity contribution >= 4 is 27.5 Å². The molecule has 2 rings (SSSR count). The Morgan fingerprint density at radius 1 is 1.44 bits per heavy atom. The maximum Gasteiger partial charge on any atom is 0.227 e. The molecule has 2 atom stereocenters. The van der Waals surface area contributed by atoms with Gasteiger partial charge in [-0.05, 0) is 31.2 Å². The Balaban J connectivity index is 2.27. The fourth-order valence-corrected chi connectivity index (χ4v) is 2.39. The van der Waals surface area contributed by atoms with Crippen LogP contribution in [-0.2, 0) is 4.79 Å². The zero-order chi connectivity index (χ0) is 11.7. The summed E-state index contributed by atoms with van der Waals surface area (Å²) in [6, 6.07) is 7.73. The molecule has 16 heavy (non-hydrogen) atoms. The fraction of sp³-hybridized carbons (Fsp3) is 0.417. The average Bonchev–Trinajstić information content (AvgIpc) is 2.56. The topological polar surface area (TPSA) is 40.5 Å². The molecular weight excluding hydrogens is 270 g/mol. The number of anilines is 1. The first-order chi connectivity index (χ1) is 7.63. The Morgan fingerprint density at radius 2 is 2.06 bits per heavy atom. The van der Waals surface area contributed by atoms with Gasteiger partial charge in [-0.2, -0.15) is 0 Å². The maximum atomic E-state index is 11.8. The molecule has 3 nitrogen and oxygen atoms in total. The van der Waals surface area contributed by atoms with Crippen LogP contribution in [0, 0.1) is 5.92 Å². The van der Waals surface area contributed by atoms with Crippen LogP contribution in [0.3, 0.4) is 0 Å². The van der Waals surface area contributed by atoms with E-state index in [1.807, 2.05) is 31.2 Å². The van der Waals surface area contributed by atoms with Crippen molar-refractivity contribution in [2.24, 2.45) is 5.92 Å². The Labute approximate surface area is 103 Å². The molecule has 1 aromatic rings. The third kappa shape index (κ3) is 1.99. The van der Waals surface area contributed by atoms with E-state index in [1.165, 1.54) is 0 Å². The Morgan fingerprint density at radius 3 is 2.56 bits per heavy atom. The van der Waals surface area contributed by atoms with Gasteiger partial charge in [0.05, 0.1) is 0 Å². The molecule has 2 unspecified atom stereocenters. The highest BCUT2D eigenvalue weighted by atomic mass is 79.9. The Bertz CT molecular complexity index is 391. The molecule has 0 radical (unpaired) electrons. The lowest BCUT2D eigenvalue weighted by molar-refractivity contribution is -0.117. The van der Waals surface area contributed by atoms with Gasteiger partial charge in [0.2, 0.25) is 5.91 Å². The molecule has 1 saturated heterocycles. The number of aliphatic hydroxyl groups is 1. The summed E-state index contributed by atoms with van der Waals surface area (Å²) in [5, 5.41) is 9.18. The van der Waals surface area contributed by atoms with Gasteiger partial charge in [-0.25, -0.2) is 0 Å². The molecule has 1 amide bonds. The normalized spacial score (nSPS) is 25.2. The Kier molecular flexibility index (Phi) is 3.30.